The smallest absolute Gasteiger partial charge is 0.257 e. The van der Waals surface area contributed by atoms with Crippen molar-refractivity contribution in [2.24, 2.45) is 0 Å². The van der Waals surface area contributed by atoms with E-state index in [-0.39, 0.29) is 5.54 Å². The Bertz CT molecular complexity index is 676. The van der Waals surface area contributed by atoms with Gasteiger partial charge in [0, 0.05) is 12.1 Å². The number of para-hydroxylation sites is 1. The van der Waals surface area contributed by atoms with Crippen LogP contribution in [-0.4, -0.2) is 24.0 Å². The van der Waals surface area contributed by atoms with Gasteiger partial charge in [-0.05, 0) is 39.9 Å². The minimum Gasteiger partial charge on any atom is -0.298 e. The third kappa shape index (κ3) is 1.88. The highest BCUT2D eigenvalue weighted by atomic mass is 32.1. The van der Waals surface area contributed by atoms with Crippen molar-refractivity contribution in [3.8, 4) is 0 Å². The van der Waals surface area contributed by atoms with E-state index in [2.05, 4.69) is 63.2 Å². The Morgan fingerprint density at radius 1 is 1.32 bits per heavy atom. The van der Waals surface area contributed by atoms with E-state index in [1.165, 1.54) is 20.8 Å². The van der Waals surface area contributed by atoms with Crippen molar-refractivity contribution in [1.29, 1.82) is 0 Å². The predicted octanol–water partition coefficient (Wildman–Crippen LogP) is 4.08. The fourth-order valence-corrected chi connectivity index (χ4v) is 3.79. The summed E-state index contributed by atoms with van der Waals surface area (Å²) in [5, 5.41) is 0. The van der Waals surface area contributed by atoms with Crippen molar-refractivity contribution in [3.63, 3.8) is 0 Å². The molecule has 0 fully saturated rings. The van der Waals surface area contributed by atoms with Crippen LogP contribution in [0, 0.1) is 6.92 Å². The molecular weight excluding hydrogens is 252 g/mol. The molecule has 1 aliphatic carbocycles. The number of fused-ring (bicyclic) bond motifs is 2. The van der Waals surface area contributed by atoms with Crippen LogP contribution in [0.1, 0.15) is 29.5 Å². The first-order valence-corrected chi connectivity index (χ1v) is 7.42. The second kappa shape index (κ2) is 4.36. The van der Waals surface area contributed by atoms with Gasteiger partial charge in [0.1, 0.15) is 11.2 Å². The summed E-state index contributed by atoms with van der Waals surface area (Å²) in [4.78, 5) is 8.58. The molecule has 3 rings (SSSR count). The molecular formula is C16H19N2S+. The van der Waals surface area contributed by atoms with E-state index in [9.17, 15) is 0 Å². The fraction of sp³-hybridized carbons (Fsp3) is 0.375. The van der Waals surface area contributed by atoms with Crippen molar-refractivity contribution >= 4 is 27.6 Å². The summed E-state index contributed by atoms with van der Waals surface area (Å²) in [7, 11) is 4.27. The lowest BCUT2D eigenvalue weighted by Gasteiger charge is -2.36. The van der Waals surface area contributed by atoms with E-state index in [0.29, 0.717) is 0 Å². The largest absolute Gasteiger partial charge is 0.298 e. The molecule has 1 heterocycles. The topological polar surface area (TPSA) is 16.1 Å². The highest BCUT2D eigenvalue weighted by Crippen LogP contribution is 2.39. The maximum Gasteiger partial charge on any atom is 0.257 e. The maximum atomic E-state index is 5.01. The van der Waals surface area contributed by atoms with Crippen LogP contribution in [0.2, 0.25) is 0 Å². The van der Waals surface area contributed by atoms with Gasteiger partial charge in [-0.25, -0.2) is 4.98 Å². The van der Waals surface area contributed by atoms with Crippen molar-refractivity contribution in [3.05, 3.63) is 40.4 Å². The summed E-state index contributed by atoms with van der Waals surface area (Å²) in [6, 6.07) is 6.41. The zero-order valence-corrected chi connectivity index (χ0v) is 12.7. The molecule has 0 amide bonds. The highest BCUT2D eigenvalue weighted by molar-refractivity contribution is 7.19. The second-order valence-corrected chi connectivity index (χ2v) is 6.71. The molecule has 0 radical (unpaired) electrons. The van der Waals surface area contributed by atoms with Crippen molar-refractivity contribution in [2.75, 3.05) is 14.1 Å². The molecule has 3 heteroatoms. The summed E-state index contributed by atoms with van der Waals surface area (Å²) in [6.45, 7) is 4.42. The molecule has 1 aliphatic rings. The van der Waals surface area contributed by atoms with E-state index in [1.807, 2.05) is 11.3 Å². The van der Waals surface area contributed by atoms with Crippen molar-refractivity contribution < 1.29 is 0 Å². The first-order valence-electron chi connectivity index (χ1n) is 6.60. The van der Waals surface area contributed by atoms with Gasteiger partial charge in [0.25, 0.3) is 9.58 Å². The van der Waals surface area contributed by atoms with E-state index in [0.717, 1.165) is 11.9 Å². The normalized spacial score (nSPS) is 21.9. The van der Waals surface area contributed by atoms with Crippen LogP contribution < -0.4 is 0 Å². The number of nitrogens with zero attached hydrogens (tertiary/aromatic N) is 2. The molecule has 1 atom stereocenters. The fourth-order valence-electron chi connectivity index (χ4n) is 2.58. The van der Waals surface area contributed by atoms with Crippen LogP contribution in [-0.2, 0) is 5.54 Å². The Balaban J connectivity index is 2.33. The molecule has 0 bridgehead atoms. The minimum absolute atomic E-state index is 0.00292. The minimum atomic E-state index is -0.00292. The van der Waals surface area contributed by atoms with Gasteiger partial charge in [0.15, 0.2) is 0 Å². The third-order valence-electron chi connectivity index (χ3n) is 4.16. The summed E-state index contributed by atoms with van der Waals surface area (Å²) in [5.41, 5.74) is 3.62. The van der Waals surface area contributed by atoms with Crippen LogP contribution in [0.5, 0.6) is 0 Å². The lowest BCUT2D eigenvalue weighted by Crippen LogP contribution is -2.40. The standard InChI is InChI=1S/C16H19N2S/c1-11-7-5-8-12-14(11)17-15-13(19-12)9-6-10-16(15,2)18(3)4/h5-9H,10H2,1-4H3/q+1. The van der Waals surface area contributed by atoms with E-state index < -0.39 is 0 Å². The molecule has 2 nitrogen and oxygen atoms in total. The molecule has 1 aromatic heterocycles. The molecule has 0 saturated carbocycles. The number of rotatable bonds is 1. The van der Waals surface area contributed by atoms with Crippen LogP contribution in [0.15, 0.2) is 24.3 Å². The molecule has 19 heavy (non-hydrogen) atoms. The Kier molecular flexibility index (Phi) is 2.91. The molecule has 0 saturated heterocycles. The summed E-state index contributed by atoms with van der Waals surface area (Å²) >= 11 is 1.85. The molecule has 0 aliphatic heterocycles. The lowest BCUT2D eigenvalue weighted by molar-refractivity contribution is 0.170. The number of aromatic nitrogens is 1. The summed E-state index contributed by atoms with van der Waals surface area (Å²) in [6.07, 6.45) is 5.51. The number of benzene rings is 1. The van der Waals surface area contributed by atoms with Gasteiger partial charge >= 0.3 is 0 Å². The third-order valence-corrected chi connectivity index (χ3v) is 5.26. The quantitative estimate of drug-likeness (QED) is 0.727. The van der Waals surface area contributed by atoms with Crippen molar-refractivity contribution in [2.45, 2.75) is 25.8 Å². The Hall–Kier alpha value is -1.32. The Morgan fingerprint density at radius 3 is 2.84 bits per heavy atom. The summed E-state index contributed by atoms with van der Waals surface area (Å²) in [5.74, 6) is 0. The predicted molar refractivity (Wildman–Crippen MR) is 83.5 cm³/mol. The second-order valence-electron chi connectivity index (χ2n) is 5.62. The van der Waals surface area contributed by atoms with Gasteiger partial charge in [0.05, 0.1) is 5.54 Å². The average molecular weight is 271 g/mol. The molecule has 98 valence electrons. The van der Waals surface area contributed by atoms with Gasteiger partial charge in [-0.15, -0.1) is 0 Å². The van der Waals surface area contributed by atoms with Gasteiger partial charge in [-0.1, -0.05) is 18.2 Å². The molecule has 0 spiro atoms. The van der Waals surface area contributed by atoms with E-state index >= 15 is 0 Å². The van der Waals surface area contributed by atoms with Crippen molar-refractivity contribution in [1.82, 2.24) is 9.88 Å². The zero-order chi connectivity index (χ0) is 13.6. The highest BCUT2D eigenvalue weighted by Gasteiger charge is 2.38. The number of aryl methyl sites for hydroxylation is 1. The number of hydrogen-bond donors (Lipinski definition) is 0. The first kappa shape index (κ1) is 12.7. The monoisotopic (exact) mass is 271 g/mol. The molecule has 2 aromatic rings. The van der Waals surface area contributed by atoms with Crippen LogP contribution in [0.25, 0.3) is 16.3 Å². The van der Waals surface area contributed by atoms with Gasteiger partial charge < -0.3 is 0 Å². The first-order chi connectivity index (χ1) is 9.02. The molecule has 0 N–H and O–H groups in total. The Labute approximate surface area is 118 Å². The van der Waals surface area contributed by atoms with Gasteiger partial charge in [-0.3, -0.25) is 4.90 Å². The van der Waals surface area contributed by atoms with Gasteiger partial charge in [0.2, 0.25) is 11.3 Å². The number of hydrogen-bond acceptors (Lipinski definition) is 2. The molecule has 1 aromatic carbocycles. The van der Waals surface area contributed by atoms with Gasteiger partial charge in [-0.2, -0.15) is 0 Å². The van der Waals surface area contributed by atoms with Crippen LogP contribution in [0.4, 0.5) is 0 Å². The average Bonchev–Trinajstić information content (AvgIpc) is 2.38. The Morgan fingerprint density at radius 2 is 2.11 bits per heavy atom. The zero-order valence-electron chi connectivity index (χ0n) is 11.9. The van der Waals surface area contributed by atoms with Crippen LogP contribution >= 0.6 is 11.3 Å². The van der Waals surface area contributed by atoms with Crippen LogP contribution in [0.3, 0.4) is 0 Å². The van der Waals surface area contributed by atoms with E-state index in [1.54, 1.807) is 0 Å². The van der Waals surface area contributed by atoms with E-state index in [4.69, 9.17) is 4.98 Å². The summed E-state index contributed by atoms with van der Waals surface area (Å²) < 4.78 is 1.27. The SMILES string of the molecule is Cc1cccc2[s+]c3c(nc12)C(C)(N(C)C)CC=C3. The lowest BCUT2D eigenvalue weighted by atomic mass is 9.87. The maximum absolute atomic E-state index is 5.01. The molecule has 1 unspecified atom stereocenters.